The van der Waals surface area contributed by atoms with Crippen molar-refractivity contribution in [2.45, 2.75) is 25.7 Å². The summed E-state index contributed by atoms with van der Waals surface area (Å²) in [6.45, 7) is 3.46. The number of anilines is 1. The van der Waals surface area contributed by atoms with Gasteiger partial charge in [-0.25, -0.2) is 0 Å². The van der Waals surface area contributed by atoms with Crippen molar-refractivity contribution in [1.82, 2.24) is 10.1 Å². The van der Waals surface area contributed by atoms with Crippen LogP contribution in [-0.4, -0.2) is 23.4 Å². The van der Waals surface area contributed by atoms with Gasteiger partial charge in [0.2, 0.25) is 0 Å². The number of ether oxygens (including phenoxy) is 1. The largest absolute Gasteiger partial charge is 0.398 e. The second-order valence-electron chi connectivity index (χ2n) is 4.91. The predicted octanol–water partition coefficient (Wildman–Crippen LogP) is 2.52. The molecule has 0 spiro atoms. The van der Waals surface area contributed by atoms with Crippen LogP contribution in [0.4, 0.5) is 5.69 Å². The van der Waals surface area contributed by atoms with E-state index in [9.17, 15) is 0 Å². The van der Waals surface area contributed by atoms with E-state index >= 15 is 0 Å². The van der Waals surface area contributed by atoms with Gasteiger partial charge in [0.1, 0.15) is 0 Å². The summed E-state index contributed by atoms with van der Waals surface area (Å²) >= 11 is 0. The van der Waals surface area contributed by atoms with Crippen LogP contribution < -0.4 is 5.73 Å². The molecule has 3 rings (SSSR count). The Bertz CT molecular complexity index is 574. The molecule has 1 fully saturated rings. The molecule has 5 nitrogen and oxygen atoms in total. The highest BCUT2D eigenvalue weighted by Gasteiger charge is 2.22. The molecular formula is C14H17N3O2. The summed E-state index contributed by atoms with van der Waals surface area (Å²) in [5.74, 6) is 1.44. The molecule has 1 aliphatic heterocycles. The molecule has 0 amide bonds. The molecular weight excluding hydrogens is 242 g/mol. The molecule has 2 N–H and O–H groups in total. The Labute approximate surface area is 111 Å². The average molecular weight is 259 g/mol. The fourth-order valence-corrected chi connectivity index (χ4v) is 2.32. The van der Waals surface area contributed by atoms with Crippen molar-refractivity contribution in [3.63, 3.8) is 0 Å². The van der Waals surface area contributed by atoms with Crippen molar-refractivity contribution in [3.05, 3.63) is 29.6 Å². The lowest BCUT2D eigenvalue weighted by Gasteiger charge is -2.18. The van der Waals surface area contributed by atoms with Crippen molar-refractivity contribution >= 4 is 5.69 Å². The molecule has 0 saturated carbocycles. The predicted molar refractivity (Wildman–Crippen MR) is 71.7 cm³/mol. The minimum atomic E-state index is 0.234. The van der Waals surface area contributed by atoms with Crippen LogP contribution in [0.2, 0.25) is 0 Å². The molecule has 1 aliphatic rings. The van der Waals surface area contributed by atoms with Gasteiger partial charge in [0.15, 0.2) is 5.82 Å². The highest BCUT2D eigenvalue weighted by molar-refractivity contribution is 5.73. The lowest BCUT2D eigenvalue weighted by Crippen LogP contribution is -2.16. The van der Waals surface area contributed by atoms with E-state index in [1.54, 1.807) is 0 Å². The molecule has 2 heterocycles. The van der Waals surface area contributed by atoms with Crippen LogP contribution in [0.15, 0.2) is 22.7 Å². The minimum Gasteiger partial charge on any atom is -0.398 e. The first-order valence-electron chi connectivity index (χ1n) is 6.52. The number of hydrogen-bond donors (Lipinski definition) is 1. The summed E-state index contributed by atoms with van der Waals surface area (Å²) in [5, 5.41) is 4.07. The van der Waals surface area contributed by atoms with Gasteiger partial charge in [0, 0.05) is 18.2 Å². The Hall–Kier alpha value is -1.88. The number of nitrogen functional groups attached to an aromatic ring is 1. The smallest absolute Gasteiger partial charge is 0.260 e. The van der Waals surface area contributed by atoms with Crippen LogP contribution >= 0.6 is 0 Å². The molecule has 100 valence electrons. The van der Waals surface area contributed by atoms with Gasteiger partial charge in [-0.1, -0.05) is 17.3 Å². The number of hydrogen-bond acceptors (Lipinski definition) is 5. The van der Waals surface area contributed by atoms with Crippen LogP contribution in [0, 0.1) is 6.92 Å². The monoisotopic (exact) mass is 259 g/mol. The molecule has 5 heteroatoms. The average Bonchev–Trinajstić information content (AvgIpc) is 2.92. The first-order valence-corrected chi connectivity index (χ1v) is 6.52. The maximum Gasteiger partial charge on any atom is 0.260 e. The minimum absolute atomic E-state index is 0.234. The lowest BCUT2D eigenvalue weighted by molar-refractivity contribution is 0.0773. The zero-order valence-corrected chi connectivity index (χ0v) is 10.9. The Morgan fingerprint density at radius 3 is 3.05 bits per heavy atom. The number of para-hydroxylation sites is 1. The first-order chi connectivity index (χ1) is 9.25. The maximum absolute atomic E-state index is 6.05. The van der Waals surface area contributed by atoms with Gasteiger partial charge < -0.3 is 15.0 Å². The number of rotatable bonds is 2. The van der Waals surface area contributed by atoms with Gasteiger partial charge in [-0.3, -0.25) is 0 Å². The molecule has 1 atom stereocenters. The highest BCUT2D eigenvalue weighted by Crippen LogP contribution is 2.29. The van der Waals surface area contributed by atoms with E-state index in [1.165, 1.54) is 0 Å². The van der Waals surface area contributed by atoms with Crippen molar-refractivity contribution in [2.24, 2.45) is 0 Å². The van der Waals surface area contributed by atoms with E-state index in [0.29, 0.717) is 18.2 Å². The van der Waals surface area contributed by atoms with Gasteiger partial charge >= 0.3 is 0 Å². The summed E-state index contributed by atoms with van der Waals surface area (Å²) in [4.78, 5) is 4.47. The van der Waals surface area contributed by atoms with E-state index in [-0.39, 0.29) is 5.92 Å². The van der Waals surface area contributed by atoms with Gasteiger partial charge in [-0.05, 0) is 31.4 Å². The van der Waals surface area contributed by atoms with Crippen molar-refractivity contribution in [1.29, 1.82) is 0 Å². The molecule has 1 unspecified atom stereocenters. The number of benzene rings is 1. The number of aryl methyl sites for hydroxylation is 1. The Balaban J connectivity index is 1.90. The lowest BCUT2D eigenvalue weighted by atomic mass is 10.0. The zero-order valence-electron chi connectivity index (χ0n) is 10.9. The second kappa shape index (κ2) is 5.01. The molecule has 1 aromatic heterocycles. The van der Waals surface area contributed by atoms with Crippen LogP contribution in [0.1, 0.15) is 30.1 Å². The third-order valence-corrected chi connectivity index (χ3v) is 3.52. The fourth-order valence-electron chi connectivity index (χ4n) is 2.32. The summed E-state index contributed by atoms with van der Waals surface area (Å²) in [5.41, 5.74) is 8.56. The molecule has 1 saturated heterocycles. The van der Waals surface area contributed by atoms with Crippen molar-refractivity contribution in [3.8, 4) is 11.5 Å². The molecule has 19 heavy (non-hydrogen) atoms. The Morgan fingerprint density at radius 1 is 1.37 bits per heavy atom. The van der Waals surface area contributed by atoms with Crippen LogP contribution in [0.3, 0.4) is 0 Å². The van der Waals surface area contributed by atoms with E-state index in [0.717, 1.165) is 36.4 Å². The zero-order chi connectivity index (χ0) is 13.2. The van der Waals surface area contributed by atoms with Crippen molar-refractivity contribution < 1.29 is 9.26 Å². The highest BCUT2D eigenvalue weighted by atomic mass is 16.5. The topological polar surface area (TPSA) is 74.2 Å². The van der Waals surface area contributed by atoms with E-state index in [1.807, 2.05) is 25.1 Å². The molecule has 2 aromatic rings. The fraction of sp³-hybridized carbons (Fsp3) is 0.429. The van der Waals surface area contributed by atoms with Gasteiger partial charge in [0.25, 0.3) is 5.89 Å². The van der Waals surface area contributed by atoms with Crippen LogP contribution in [0.25, 0.3) is 11.5 Å². The standard InChI is InChI=1S/C14H17N3O2/c1-9-4-2-6-11(12(9)15)14-16-13(17-19-14)10-5-3-7-18-8-10/h2,4,6,10H,3,5,7-8,15H2,1H3. The first kappa shape index (κ1) is 12.2. The SMILES string of the molecule is Cc1cccc(-c2nc(C3CCCOC3)no2)c1N. The van der Waals surface area contributed by atoms with Crippen LogP contribution in [0.5, 0.6) is 0 Å². The quantitative estimate of drug-likeness (QED) is 0.839. The van der Waals surface area contributed by atoms with E-state index in [4.69, 9.17) is 15.0 Å². The third kappa shape index (κ3) is 2.33. The van der Waals surface area contributed by atoms with E-state index < -0.39 is 0 Å². The summed E-state index contributed by atoms with van der Waals surface area (Å²) < 4.78 is 10.8. The van der Waals surface area contributed by atoms with Crippen molar-refractivity contribution in [2.75, 3.05) is 18.9 Å². The second-order valence-corrected chi connectivity index (χ2v) is 4.91. The summed E-state index contributed by atoms with van der Waals surface area (Å²) in [6.07, 6.45) is 2.09. The summed E-state index contributed by atoms with van der Waals surface area (Å²) in [6, 6.07) is 5.80. The molecule has 0 radical (unpaired) electrons. The Morgan fingerprint density at radius 2 is 2.26 bits per heavy atom. The number of aromatic nitrogens is 2. The van der Waals surface area contributed by atoms with E-state index in [2.05, 4.69) is 10.1 Å². The normalized spacial score (nSPS) is 19.5. The Kier molecular flexibility index (Phi) is 3.21. The molecule has 0 bridgehead atoms. The number of nitrogens with two attached hydrogens (primary N) is 1. The van der Waals surface area contributed by atoms with Gasteiger partial charge in [-0.15, -0.1) is 0 Å². The van der Waals surface area contributed by atoms with Gasteiger partial charge in [0.05, 0.1) is 12.2 Å². The number of nitrogens with zero attached hydrogens (tertiary/aromatic N) is 2. The van der Waals surface area contributed by atoms with Gasteiger partial charge in [-0.2, -0.15) is 4.98 Å². The third-order valence-electron chi connectivity index (χ3n) is 3.52. The molecule has 0 aliphatic carbocycles. The summed E-state index contributed by atoms with van der Waals surface area (Å²) in [7, 11) is 0. The maximum atomic E-state index is 6.05. The van der Waals surface area contributed by atoms with Crippen LogP contribution in [-0.2, 0) is 4.74 Å². The molecule has 1 aromatic carbocycles.